The summed E-state index contributed by atoms with van der Waals surface area (Å²) in [5.74, 6) is 0. The minimum absolute atomic E-state index is 0. The zero-order valence-corrected chi connectivity index (χ0v) is 32.0. The largest absolute Gasteiger partial charge is 1.00 e. The predicted molar refractivity (Wildman–Crippen MR) is 169 cm³/mol. The van der Waals surface area contributed by atoms with Gasteiger partial charge in [-0.25, -0.2) is 16.8 Å². The summed E-state index contributed by atoms with van der Waals surface area (Å²) in [6, 6.07) is 27.0. The van der Waals surface area contributed by atoms with Crippen molar-refractivity contribution in [2.24, 2.45) is 20.5 Å². The van der Waals surface area contributed by atoms with Gasteiger partial charge in [0.1, 0.15) is 20.2 Å². The Morgan fingerprint density at radius 1 is 0.638 bits per heavy atom. The number of hydrogen-bond acceptors (Lipinski definition) is 11. The maximum atomic E-state index is 11.7. The standard InChI is InChI=1S/C31H26ClN5O6S2.2Na/c1-2-37(20-21-4-3-5-26(18-21)44(38,39)40)25-12-10-24(11-13-25)34-35-30-16-17-31(36-33-23-8-6-22(32)7-9-23)29-19-27(45(41,42)43)14-15-28(29)30;;/h3-19H,2,20H2,1H3,(H,38,39,40)(H,41,42,43);;/q;2*+1/p-2. The molecule has 0 radical (unpaired) electrons. The smallest absolute Gasteiger partial charge is 0.744 e. The van der Waals surface area contributed by atoms with E-state index in [0.29, 0.717) is 57.2 Å². The van der Waals surface area contributed by atoms with E-state index in [9.17, 15) is 25.9 Å². The average Bonchev–Trinajstić information content (AvgIpc) is 3.02. The van der Waals surface area contributed by atoms with Gasteiger partial charge in [0.05, 0.1) is 32.5 Å². The van der Waals surface area contributed by atoms with Gasteiger partial charge in [-0.3, -0.25) is 0 Å². The van der Waals surface area contributed by atoms with Crippen molar-refractivity contribution in [3.8, 4) is 0 Å². The maximum absolute atomic E-state index is 11.7. The molecule has 0 fully saturated rings. The topological polar surface area (TPSA) is 167 Å². The summed E-state index contributed by atoms with van der Waals surface area (Å²) >= 11 is 5.93. The first-order chi connectivity index (χ1) is 21.4. The molecule has 0 aromatic heterocycles. The van der Waals surface area contributed by atoms with E-state index >= 15 is 0 Å². The van der Waals surface area contributed by atoms with Gasteiger partial charge < -0.3 is 14.0 Å². The molecular weight excluding hydrogens is 684 g/mol. The van der Waals surface area contributed by atoms with Crippen LogP contribution in [0.5, 0.6) is 0 Å². The quantitative estimate of drug-likeness (QED) is 0.122. The van der Waals surface area contributed by atoms with Gasteiger partial charge in [-0.2, -0.15) is 10.2 Å². The second-order valence-corrected chi connectivity index (χ2v) is 13.0. The number of halogens is 1. The second kappa shape index (κ2) is 16.7. The van der Waals surface area contributed by atoms with Gasteiger partial charge in [0, 0.05) is 34.6 Å². The molecule has 5 aromatic rings. The zero-order valence-electron chi connectivity index (χ0n) is 25.6. The first kappa shape index (κ1) is 38.9. The molecule has 0 atom stereocenters. The molecule has 11 nitrogen and oxygen atoms in total. The molecule has 47 heavy (non-hydrogen) atoms. The fourth-order valence-electron chi connectivity index (χ4n) is 4.49. The molecule has 5 aromatic carbocycles. The summed E-state index contributed by atoms with van der Waals surface area (Å²) in [6.45, 7) is 2.95. The van der Waals surface area contributed by atoms with Crippen molar-refractivity contribution in [1.29, 1.82) is 0 Å². The van der Waals surface area contributed by atoms with E-state index in [0.717, 1.165) is 5.69 Å². The second-order valence-electron chi connectivity index (χ2n) is 9.77. The first-order valence-electron chi connectivity index (χ1n) is 13.4. The molecule has 0 saturated heterocycles. The molecule has 0 unspecified atom stereocenters. The summed E-state index contributed by atoms with van der Waals surface area (Å²) in [4.78, 5) is 1.32. The molecule has 0 spiro atoms. The van der Waals surface area contributed by atoms with E-state index in [1.54, 1.807) is 54.6 Å². The van der Waals surface area contributed by atoms with Crippen molar-refractivity contribution in [2.45, 2.75) is 23.3 Å². The van der Waals surface area contributed by atoms with Crippen LogP contribution in [0.3, 0.4) is 0 Å². The van der Waals surface area contributed by atoms with Crippen molar-refractivity contribution < 1.29 is 85.1 Å². The Bertz CT molecular complexity index is 2150. The SMILES string of the molecule is CCN(Cc1cccc(S(=O)(=O)[O-])c1)c1ccc(N=Nc2ccc(N=Nc3ccc(Cl)cc3)c3cc(S(=O)(=O)[O-])ccc23)cc1.[Na+].[Na+]. The van der Waals surface area contributed by atoms with Crippen LogP contribution in [0.15, 0.2) is 133 Å². The predicted octanol–water partition coefficient (Wildman–Crippen LogP) is 2.17. The number of rotatable bonds is 10. The van der Waals surface area contributed by atoms with E-state index < -0.39 is 25.1 Å². The molecular formula is C31H24ClN5Na2O6S2. The molecule has 0 aliphatic rings. The Kier molecular flexibility index (Phi) is 13.8. The fourth-order valence-corrected chi connectivity index (χ4v) is 5.66. The number of azo groups is 2. The molecule has 230 valence electrons. The number of anilines is 1. The Morgan fingerprint density at radius 3 is 1.72 bits per heavy atom. The van der Waals surface area contributed by atoms with Crippen LogP contribution in [0.4, 0.5) is 28.4 Å². The first-order valence-corrected chi connectivity index (χ1v) is 16.6. The minimum Gasteiger partial charge on any atom is -0.744 e. The van der Waals surface area contributed by atoms with E-state index in [2.05, 4.69) is 20.5 Å². The van der Waals surface area contributed by atoms with E-state index in [-0.39, 0.29) is 64.0 Å². The minimum atomic E-state index is -4.73. The van der Waals surface area contributed by atoms with Crippen molar-refractivity contribution >= 4 is 71.0 Å². The Labute approximate surface area is 321 Å². The van der Waals surface area contributed by atoms with Gasteiger partial charge in [0.25, 0.3) is 0 Å². The van der Waals surface area contributed by atoms with E-state index in [1.807, 2.05) is 24.0 Å². The maximum Gasteiger partial charge on any atom is 1.00 e. The molecule has 0 saturated carbocycles. The summed E-state index contributed by atoms with van der Waals surface area (Å²) in [5.41, 5.74) is 3.32. The average molecular weight is 708 g/mol. The van der Waals surface area contributed by atoms with Crippen molar-refractivity contribution in [3.05, 3.63) is 114 Å². The number of benzene rings is 5. The van der Waals surface area contributed by atoms with Crippen LogP contribution >= 0.6 is 11.6 Å². The Balaban J connectivity index is 0.00000300. The summed E-state index contributed by atoms with van der Waals surface area (Å²) in [5, 5.41) is 18.6. The summed E-state index contributed by atoms with van der Waals surface area (Å²) < 4.78 is 69.5. The van der Waals surface area contributed by atoms with Crippen LogP contribution in [0.25, 0.3) is 10.8 Å². The Hall–Kier alpha value is -2.53. The molecule has 0 N–H and O–H groups in total. The molecule has 16 heteroatoms. The summed E-state index contributed by atoms with van der Waals surface area (Å²) in [7, 11) is -9.28. The van der Waals surface area contributed by atoms with Crippen LogP contribution in [0.2, 0.25) is 5.02 Å². The van der Waals surface area contributed by atoms with Gasteiger partial charge in [0.2, 0.25) is 0 Å². The van der Waals surface area contributed by atoms with Gasteiger partial charge in [0.15, 0.2) is 0 Å². The molecule has 5 rings (SSSR count). The van der Waals surface area contributed by atoms with Crippen molar-refractivity contribution in [1.82, 2.24) is 0 Å². The zero-order chi connectivity index (χ0) is 32.2. The van der Waals surface area contributed by atoms with Crippen molar-refractivity contribution in [2.75, 3.05) is 11.4 Å². The van der Waals surface area contributed by atoms with Crippen LogP contribution in [0.1, 0.15) is 12.5 Å². The molecule has 0 aliphatic carbocycles. The van der Waals surface area contributed by atoms with Gasteiger partial charge in [-0.05, 0) is 97.4 Å². The molecule has 0 amide bonds. The third-order valence-corrected chi connectivity index (χ3v) is 8.68. The van der Waals surface area contributed by atoms with E-state index in [4.69, 9.17) is 11.6 Å². The third-order valence-electron chi connectivity index (χ3n) is 6.76. The normalized spacial score (nSPS) is 11.8. The summed E-state index contributed by atoms with van der Waals surface area (Å²) in [6.07, 6.45) is 0. The monoisotopic (exact) mass is 707 g/mol. The van der Waals surface area contributed by atoms with Gasteiger partial charge in [-0.1, -0.05) is 29.8 Å². The molecule has 0 aliphatic heterocycles. The van der Waals surface area contributed by atoms with E-state index in [1.165, 1.54) is 36.4 Å². The number of nitrogens with zero attached hydrogens (tertiary/aromatic N) is 5. The third kappa shape index (κ3) is 10.2. The fraction of sp³-hybridized carbons (Fsp3) is 0.0968. The van der Waals surface area contributed by atoms with Crippen LogP contribution in [-0.4, -0.2) is 32.5 Å². The van der Waals surface area contributed by atoms with Crippen LogP contribution < -0.4 is 64.0 Å². The molecule has 0 heterocycles. The Morgan fingerprint density at radius 2 is 1.17 bits per heavy atom. The molecule has 0 bridgehead atoms. The van der Waals surface area contributed by atoms with Crippen molar-refractivity contribution in [3.63, 3.8) is 0 Å². The number of fused-ring (bicyclic) bond motifs is 1. The van der Waals surface area contributed by atoms with Gasteiger partial charge in [-0.15, -0.1) is 10.2 Å². The van der Waals surface area contributed by atoms with Gasteiger partial charge >= 0.3 is 59.1 Å². The number of hydrogen-bond donors (Lipinski definition) is 0. The van der Waals surface area contributed by atoms with Crippen LogP contribution in [0, 0.1) is 0 Å². The van der Waals surface area contributed by atoms with Crippen LogP contribution in [-0.2, 0) is 26.8 Å².